The molecule has 1 unspecified atom stereocenters. The zero-order chi connectivity index (χ0) is 24.5. The maximum atomic E-state index is 12.6. The van der Waals surface area contributed by atoms with Gasteiger partial charge in [-0.15, -0.1) is 0 Å². The van der Waals surface area contributed by atoms with Gasteiger partial charge in [0.25, 0.3) is 5.89 Å². The van der Waals surface area contributed by atoms with Gasteiger partial charge in [0.05, 0.1) is 19.8 Å². The van der Waals surface area contributed by atoms with Gasteiger partial charge in [-0.05, 0) is 42.7 Å². The maximum absolute atomic E-state index is 12.6. The Labute approximate surface area is 198 Å². The highest BCUT2D eigenvalue weighted by molar-refractivity contribution is 5.78. The van der Waals surface area contributed by atoms with E-state index in [4.69, 9.17) is 18.7 Å². The Morgan fingerprint density at radius 2 is 1.74 bits per heavy atom. The molecule has 0 radical (unpaired) electrons. The summed E-state index contributed by atoms with van der Waals surface area (Å²) in [6.07, 6.45) is -0.571. The Balaban J connectivity index is 1.62. The van der Waals surface area contributed by atoms with E-state index in [1.807, 2.05) is 63.2 Å². The van der Waals surface area contributed by atoms with Crippen LogP contribution in [-0.4, -0.2) is 47.4 Å². The second-order valence-corrected chi connectivity index (χ2v) is 8.09. The Kier molecular flexibility index (Phi) is 8.61. The van der Waals surface area contributed by atoms with Gasteiger partial charge >= 0.3 is 12.1 Å². The molecule has 3 aromatic rings. The van der Waals surface area contributed by atoms with Crippen LogP contribution < -0.4 is 4.74 Å². The summed E-state index contributed by atoms with van der Waals surface area (Å²) in [5.41, 5.74) is 1.65. The lowest BCUT2D eigenvalue weighted by Gasteiger charge is -2.28. The molecule has 0 fully saturated rings. The number of ether oxygens (including phenoxy) is 3. The number of amides is 1. The molecule has 9 heteroatoms. The van der Waals surface area contributed by atoms with Crippen molar-refractivity contribution in [1.82, 2.24) is 15.0 Å². The van der Waals surface area contributed by atoms with E-state index >= 15 is 0 Å². The van der Waals surface area contributed by atoms with Crippen LogP contribution in [0.25, 0.3) is 11.5 Å². The van der Waals surface area contributed by atoms with E-state index in [-0.39, 0.29) is 25.7 Å². The molecule has 1 atom stereocenters. The molecule has 1 heterocycles. The molecular formula is C25H29N3O6. The summed E-state index contributed by atoms with van der Waals surface area (Å²) in [6.45, 7) is 5.89. The number of rotatable bonds is 10. The molecule has 3 rings (SSSR count). The van der Waals surface area contributed by atoms with Crippen molar-refractivity contribution < 1.29 is 28.3 Å². The fourth-order valence-corrected chi connectivity index (χ4v) is 3.07. The summed E-state index contributed by atoms with van der Waals surface area (Å²) < 4.78 is 21.1. The molecule has 1 aromatic heterocycles. The number of nitrogens with zero attached hydrogens (tertiary/aromatic N) is 3. The smallest absolute Gasteiger partial charge is 0.410 e. The third-order valence-electron chi connectivity index (χ3n) is 4.99. The highest BCUT2D eigenvalue weighted by Crippen LogP contribution is 2.24. The van der Waals surface area contributed by atoms with Crippen molar-refractivity contribution >= 4 is 12.1 Å². The minimum absolute atomic E-state index is 0.140. The van der Waals surface area contributed by atoms with Crippen LogP contribution in [0.4, 0.5) is 4.79 Å². The molecule has 0 aliphatic rings. The zero-order valence-corrected chi connectivity index (χ0v) is 19.8. The average molecular weight is 468 g/mol. The van der Waals surface area contributed by atoms with E-state index in [0.29, 0.717) is 17.5 Å². The van der Waals surface area contributed by atoms with Crippen molar-refractivity contribution in [1.29, 1.82) is 0 Å². The van der Waals surface area contributed by atoms with Crippen LogP contribution in [0.5, 0.6) is 5.75 Å². The van der Waals surface area contributed by atoms with Crippen molar-refractivity contribution in [2.24, 2.45) is 5.92 Å². The predicted octanol–water partition coefficient (Wildman–Crippen LogP) is 4.64. The minimum Gasteiger partial charge on any atom is -0.485 e. The SMILES string of the molecule is COC(=O)CN(C(=O)OCC(C)C)C(C)c1ccc(OCc2noc(-c3ccccc3)n2)cc1. The highest BCUT2D eigenvalue weighted by Gasteiger charge is 2.26. The molecule has 0 spiro atoms. The second-order valence-electron chi connectivity index (χ2n) is 8.09. The van der Waals surface area contributed by atoms with E-state index in [9.17, 15) is 9.59 Å². The summed E-state index contributed by atoms with van der Waals surface area (Å²) in [6, 6.07) is 16.3. The van der Waals surface area contributed by atoms with Crippen LogP contribution in [0, 0.1) is 5.92 Å². The number of methoxy groups -OCH3 is 1. The van der Waals surface area contributed by atoms with Crippen LogP contribution in [0.1, 0.15) is 38.2 Å². The van der Waals surface area contributed by atoms with Crippen LogP contribution in [0.15, 0.2) is 59.1 Å². The standard InChI is InChI=1S/C25H29N3O6/c1-17(2)15-33-25(30)28(14-23(29)31-4)18(3)19-10-12-21(13-11-19)32-16-22-26-24(34-27-22)20-8-6-5-7-9-20/h5-13,17-18H,14-16H2,1-4H3. The van der Waals surface area contributed by atoms with Gasteiger partial charge < -0.3 is 18.7 Å². The van der Waals surface area contributed by atoms with E-state index in [1.165, 1.54) is 12.0 Å². The lowest BCUT2D eigenvalue weighted by molar-refractivity contribution is -0.142. The fraction of sp³-hybridized carbons (Fsp3) is 0.360. The Hall–Kier alpha value is -3.88. The number of carbonyl (C=O) groups excluding carboxylic acids is 2. The third-order valence-corrected chi connectivity index (χ3v) is 4.99. The monoisotopic (exact) mass is 467 g/mol. The number of hydrogen-bond acceptors (Lipinski definition) is 8. The molecule has 34 heavy (non-hydrogen) atoms. The maximum Gasteiger partial charge on any atom is 0.410 e. The summed E-state index contributed by atoms with van der Waals surface area (Å²) in [7, 11) is 1.28. The molecule has 0 N–H and O–H groups in total. The molecule has 1 amide bonds. The Bertz CT molecular complexity index is 1070. The van der Waals surface area contributed by atoms with E-state index in [1.54, 1.807) is 12.1 Å². The Morgan fingerprint density at radius 3 is 2.38 bits per heavy atom. The van der Waals surface area contributed by atoms with Gasteiger partial charge in [0, 0.05) is 5.56 Å². The summed E-state index contributed by atoms with van der Waals surface area (Å²) >= 11 is 0. The normalized spacial score (nSPS) is 11.7. The second kappa shape index (κ2) is 11.8. The van der Waals surface area contributed by atoms with Crippen molar-refractivity contribution in [3.05, 3.63) is 66.0 Å². The van der Waals surface area contributed by atoms with Crippen molar-refractivity contribution in [3.63, 3.8) is 0 Å². The molecule has 0 aliphatic carbocycles. The molecule has 0 saturated heterocycles. The number of carbonyl (C=O) groups is 2. The molecule has 0 aliphatic heterocycles. The topological polar surface area (TPSA) is 104 Å². The number of aromatic nitrogens is 2. The van der Waals surface area contributed by atoms with Crippen molar-refractivity contribution in [2.75, 3.05) is 20.3 Å². The first-order valence-electron chi connectivity index (χ1n) is 11.0. The molecule has 2 aromatic carbocycles. The summed E-state index contributed by atoms with van der Waals surface area (Å²) in [5, 5.41) is 3.95. The summed E-state index contributed by atoms with van der Waals surface area (Å²) in [4.78, 5) is 30.1. The first-order valence-corrected chi connectivity index (χ1v) is 11.0. The van der Waals surface area contributed by atoms with E-state index in [0.717, 1.165) is 11.1 Å². The first kappa shape index (κ1) is 24.8. The number of hydrogen-bond donors (Lipinski definition) is 0. The highest BCUT2D eigenvalue weighted by atomic mass is 16.6. The van der Waals surface area contributed by atoms with Crippen LogP contribution >= 0.6 is 0 Å². The average Bonchev–Trinajstić information content (AvgIpc) is 3.34. The molecule has 0 saturated carbocycles. The predicted molar refractivity (Wildman–Crippen MR) is 124 cm³/mol. The first-order chi connectivity index (χ1) is 16.4. The van der Waals surface area contributed by atoms with Crippen LogP contribution in [-0.2, 0) is 20.9 Å². The van der Waals surface area contributed by atoms with Gasteiger partial charge in [-0.1, -0.05) is 49.3 Å². The van der Waals surface area contributed by atoms with Crippen molar-refractivity contribution in [2.45, 2.75) is 33.4 Å². The van der Waals surface area contributed by atoms with Crippen LogP contribution in [0.3, 0.4) is 0 Å². The Morgan fingerprint density at radius 1 is 1.03 bits per heavy atom. The van der Waals surface area contributed by atoms with Gasteiger partial charge in [-0.2, -0.15) is 4.98 Å². The van der Waals surface area contributed by atoms with E-state index < -0.39 is 18.1 Å². The van der Waals surface area contributed by atoms with Gasteiger partial charge in [-0.3, -0.25) is 9.69 Å². The lowest BCUT2D eigenvalue weighted by atomic mass is 10.1. The number of benzene rings is 2. The molecule has 180 valence electrons. The zero-order valence-electron chi connectivity index (χ0n) is 19.8. The van der Waals surface area contributed by atoms with Gasteiger partial charge in [-0.25, -0.2) is 4.79 Å². The molecular weight excluding hydrogens is 438 g/mol. The van der Waals surface area contributed by atoms with Crippen LogP contribution in [0.2, 0.25) is 0 Å². The summed E-state index contributed by atoms with van der Waals surface area (Å²) in [5.74, 6) is 1.11. The third kappa shape index (κ3) is 6.81. The van der Waals surface area contributed by atoms with Gasteiger partial charge in [0.1, 0.15) is 12.3 Å². The van der Waals surface area contributed by atoms with Crippen molar-refractivity contribution in [3.8, 4) is 17.2 Å². The van der Waals surface area contributed by atoms with Gasteiger partial charge in [0.15, 0.2) is 6.61 Å². The molecule has 9 nitrogen and oxygen atoms in total. The fourth-order valence-electron chi connectivity index (χ4n) is 3.07. The number of esters is 1. The largest absolute Gasteiger partial charge is 0.485 e. The molecule has 0 bridgehead atoms. The minimum atomic E-state index is -0.571. The van der Waals surface area contributed by atoms with E-state index in [2.05, 4.69) is 10.1 Å². The van der Waals surface area contributed by atoms with Gasteiger partial charge in [0.2, 0.25) is 5.82 Å². The quantitative estimate of drug-likeness (QED) is 0.397. The lowest BCUT2D eigenvalue weighted by Crippen LogP contribution is -2.39.